The molecular formula is C17H21NO. The van der Waals surface area contributed by atoms with E-state index >= 15 is 0 Å². The molecule has 0 fully saturated rings. The van der Waals surface area contributed by atoms with Crippen molar-refractivity contribution in [2.45, 2.75) is 51.6 Å². The van der Waals surface area contributed by atoms with Gasteiger partial charge in [0.15, 0.2) is 5.78 Å². The van der Waals surface area contributed by atoms with Gasteiger partial charge in [-0.2, -0.15) is 0 Å². The molecule has 1 aromatic carbocycles. The zero-order valence-electron chi connectivity index (χ0n) is 11.4. The Morgan fingerprint density at radius 3 is 2.79 bits per heavy atom. The third kappa shape index (κ3) is 2.79. The zero-order valence-corrected chi connectivity index (χ0v) is 11.4. The molecule has 2 heteroatoms. The van der Waals surface area contributed by atoms with Crippen LogP contribution in [-0.2, 0) is 13.1 Å². The molecule has 1 aliphatic heterocycles. The largest absolute Gasteiger partial charge is 0.309 e. The van der Waals surface area contributed by atoms with Crippen molar-refractivity contribution in [3.63, 3.8) is 0 Å². The van der Waals surface area contributed by atoms with Crippen LogP contribution in [0.4, 0.5) is 0 Å². The normalized spacial score (nSPS) is 22.0. The summed E-state index contributed by atoms with van der Waals surface area (Å²) in [7, 11) is 0. The van der Waals surface area contributed by atoms with Gasteiger partial charge in [0.05, 0.1) is 0 Å². The average Bonchev–Trinajstić information content (AvgIpc) is 2.84. The Morgan fingerprint density at radius 1 is 1.00 bits per heavy atom. The molecular weight excluding hydrogens is 234 g/mol. The molecule has 0 amide bonds. The minimum absolute atomic E-state index is 0.247. The summed E-state index contributed by atoms with van der Waals surface area (Å²) in [6.45, 7) is 1.84. The highest BCUT2D eigenvalue weighted by atomic mass is 16.1. The Bertz CT molecular complexity index is 516. The van der Waals surface area contributed by atoms with Crippen LogP contribution in [0.25, 0.3) is 0 Å². The fourth-order valence-corrected chi connectivity index (χ4v) is 3.02. The first-order valence-corrected chi connectivity index (χ1v) is 7.41. The maximum Gasteiger partial charge on any atom is 0.188 e. The Morgan fingerprint density at radius 2 is 1.84 bits per heavy atom. The van der Waals surface area contributed by atoms with E-state index in [0.717, 1.165) is 43.5 Å². The molecule has 2 aliphatic rings. The Kier molecular flexibility index (Phi) is 3.79. The smallest absolute Gasteiger partial charge is 0.188 e. The van der Waals surface area contributed by atoms with E-state index < -0.39 is 0 Å². The summed E-state index contributed by atoms with van der Waals surface area (Å²) in [5.41, 5.74) is 4.53. The number of rotatable bonds is 2. The van der Waals surface area contributed by atoms with Gasteiger partial charge in [0.2, 0.25) is 0 Å². The quantitative estimate of drug-likeness (QED) is 0.815. The highest BCUT2D eigenvalue weighted by Crippen LogP contribution is 2.23. The van der Waals surface area contributed by atoms with Gasteiger partial charge >= 0.3 is 0 Å². The number of ketones is 1. The summed E-state index contributed by atoms with van der Waals surface area (Å²) in [4.78, 5) is 12.6. The van der Waals surface area contributed by atoms with Crippen LogP contribution < -0.4 is 5.32 Å². The lowest BCUT2D eigenvalue weighted by atomic mass is 9.93. The molecule has 100 valence electrons. The van der Waals surface area contributed by atoms with Crippen molar-refractivity contribution in [2.24, 2.45) is 0 Å². The van der Waals surface area contributed by atoms with E-state index in [1.54, 1.807) is 0 Å². The van der Waals surface area contributed by atoms with E-state index in [4.69, 9.17) is 0 Å². The third-order valence-corrected chi connectivity index (χ3v) is 4.18. The van der Waals surface area contributed by atoms with Crippen molar-refractivity contribution in [2.75, 3.05) is 0 Å². The number of fused-ring (bicyclic) bond motifs is 1. The van der Waals surface area contributed by atoms with Crippen molar-refractivity contribution in [1.82, 2.24) is 5.32 Å². The second-order valence-electron chi connectivity index (χ2n) is 5.60. The van der Waals surface area contributed by atoms with Crippen molar-refractivity contribution in [3.05, 3.63) is 46.5 Å². The first kappa shape index (κ1) is 12.6. The second-order valence-corrected chi connectivity index (χ2v) is 5.60. The van der Waals surface area contributed by atoms with Crippen LogP contribution in [-0.4, -0.2) is 5.78 Å². The minimum atomic E-state index is 0.247. The highest BCUT2D eigenvalue weighted by molar-refractivity contribution is 6.08. The van der Waals surface area contributed by atoms with Gasteiger partial charge in [0.25, 0.3) is 0 Å². The van der Waals surface area contributed by atoms with Gasteiger partial charge in [-0.25, -0.2) is 0 Å². The van der Waals surface area contributed by atoms with Crippen molar-refractivity contribution >= 4 is 5.78 Å². The Balaban J connectivity index is 1.82. The van der Waals surface area contributed by atoms with Gasteiger partial charge in [-0.15, -0.1) is 0 Å². The molecule has 0 aromatic heterocycles. The molecule has 19 heavy (non-hydrogen) atoms. The van der Waals surface area contributed by atoms with E-state index in [0.29, 0.717) is 0 Å². The van der Waals surface area contributed by atoms with Gasteiger partial charge in [0.1, 0.15) is 0 Å². The van der Waals surface area contributed by atoms with Crippen LogP contribution >= 0.6 is 0 Å². The maximum absolute atomic E-state index is 12.6. The molecule has 1 aromatic rings. The first-order chi connectivity index (χ1) is 9.34. The maximum atomic E-state index is 12.6. The number of carbonyl (C=O) groups is 1. The fourth-order valence-electron chi connectivity index (χ4n) is 3.02. The molecule has 0 radical (unpaired) electrons. The molecule has 1 aliphatic carbocycles. The van der Waals surface area contributed by atoms with E-state index in [9.17, 15) is 4.79 Å². The lowest BCUT2D eigenvalue weighted by Crippen LogP contribution is -2.06. The number of hydrogen-bond donors (Lipinski definition) is 1. The summed E-state index contributed by atoms with van der Waals surface area (Å²) in [5, 5.41) is 3.33. The van der Waals surface area contributed by atoms with Crippen LogP contribution in [0, 0.1) is 0 Å². The lowest BCUT2D eigenvalue weighted by Gasteiger charge is -2.11. The standard InChI is InChI=1S/C17H21NO/c19-17(13-6-4-2-1-3-5-7-13)14-8-9-15-11-18-12-16(15)10-14/h6,8-10,18H,1-5,7,11-12H2/b13-6+. The highest BCUT2D eigenvalue weighted by Gasteiger charge is 2.16. The predicted molar refractivity (Wildman–Crippen MR) is 77.1 cm³/mol. The van der Waals surface area contributed by atoms with Gasteiger partial charge in [-0.3, -0.25) is 4.79 Å². The monoisotopic (exact) mass is 255 g/mol. The molecule has 0 spiro atoms. The van der Waals surface area contributed by atoms with Crippen LogP contribution in [0.3, 0.4) is 0 Å². The van der Waals surface area contributed by atoms with Gasteiger partial charge in [-0.05, 0) is 48.4 Å². The summed E-state index contributed by atoms with van der Waals surface area (Å²) < 4.78 is 0. The molecule has 3 rings (SSSR count). The van der Waals surface area contributed by atoms with Gasteiger partial charge in [0, 0.05) is 18.7 Å². The molecule has 0 saturated carbocycles. The molecule has 1 N–H and O–H groups in total. The molecule has 1 heterocycles. The topological polar surface area (TPSA) is 29.1 Å². The molecule has 2 nitrogen and oxygen atoms in total. The summed E-state index contributed by atoms with van der Waals surface area (Å²) in [5.74, 6) is 0.247. The van der Waals surface area contributed by atoms with Crippen molar-refractivity contribution in [3.8, 4) is 0 Å². The number of hydrogen-bond acceptors (Lipinski definition) is 2. The van der Waals surface area contributed by atoms with E-state index in [-0.39, 0.29) is 5.78 Å². The number of allylic oxidation sites excluding steroid dienone is 2. The molecule has 0 unspecified atom stereocenters. The van der Waals surface area contributed by atoms with Crippen molar-refractivity contribution in [1.29, 1.82) is 0 Å². The van der Waals surface area contributed by atoms with E-state index in [1.165, 1.54) is 30.4 Å². The summed E-state index contributed by atoms with van der Waals surface area (Å²) >= 11 is 0. The van der Waals surface area contributed by atoms with E-state index in [2.05, 4.69) is 23.5 Å². The van der Waals surface area contributed by atoms with Crippen LogP contribution in [0.2, 0.25) is 0 Å². The predicted octanol–water partition coefficient (Wildman–Crippen LogP) is 3.75. The van der Waals surface area contributed by atoms with Gasteiger partial charge in [-0.1, -0.05) is 31.1 Å². The Labute approximate surface area is 114 Å². The average molecular weight is 255 g/mol. The fraction of sp³-hybridized carbons (Fsp3) is 0.471. The van der Waals surface area contributed by atoms with Crippen LogP contribution in [0.1, 0.15) is 60.0 Å². The summed E-state index contributed by atoms with van der Waals surface area (Å²) in [6.07, 6.45) is 9.14. The number of Topliss-reactive ketones (excluding diaryl/α,β-unsaturated/α-hetero) is 1. The van der Waals surface area contributed by atoms with E-state index in [1.807, 2.05) is 6.07 Å². The van der Waals surface area contributed by atoms with Gasteiger partial charge < -0.3 is 5.32 Å². The Hall–Kier alpha value is -1.41. The molecule has 0 saturated heterocycles. The number of nitrogens with one attached hydrogen (secondary N) is 1. The molecule has 0 atom stereocenters. The first-order valence-electron chi connectivity index (χ1n) is 7.41. The summed E-state index contributed by atoms with van der Waals surface area (Å²) in [6, 6.07) is 6.18. The van der Waals surface area contributed by atoms with Crippen molar-refractivity contribution < 1.29 is 4.79 Å². The molecule has 0 bridgehead atoms. The zero-order chi connectivity index (χ0) is 13.1. The third-order valence-electron chi connectivity index (χ3n) is 4.18. The number of benzene rings is 1. The van der Waals surface area contributed by atoms with Crippen LogP contribution in [0.15, 0.2) is 29.8 Å². The SMILES string of the molecule is O=C(/C1=C/CCCCCC1)c1ccc2c(c1)CNC2. The van der Waals surface area contributed by atoms with Crippen LogP contribution in [0.5, 0.6) is 0 Å². The lowest BCUT2D eigenvalue weighted by molar-refractivity contribution is 0.102. The number of carbonyl (C=O) groups excluding carboxylic acids is 1. The second kappa shape index (κ2) is 5.70. The minimum Gasteiger partial charge on any atom is -0.309 e.